The number of benzene rings is 1. The van der Waals surface area contributed by atoms with Crippen LogP contribution in [0.3, 0.4) is 0 Å². The minimum atomic E-state index is 0.406. The van der Waals surface area contributed by atoms with Gasteiger partial charge in [-0.25, -0.2) is 0 Å². The van der Waals surface area contributed by atoms with Gasteiger partial charge in [0.15, 0.2) is 11.5 Å². The molecule has 4 nitrogen and oxygen atoms in total. The first-order valence-corrected chi connectivity index (χ1v) is 6.42. The van der Waals surface area contributed by atoms with Crippen LogP contribution in [0.2, 0.25) is 0 Å². The maximum Gasteiger partial charge on any atom is 0.160 e. The fourth-order valence-corrected chi connectivity index (χ4v) is 2.29. The minimum absolute atomic E-state index is 0.406. The highest BCUT2D eigenvalue weighted by molar-refractivity contribution is 5.42. The van der Waals surface area contributed by atoms with Gasteiger partial charge < -0.3 is 20.5 Å². The number of hydrogen-bond donors (Lipinski definition) is 2. The van der Waals surface area contributed by atoms with Crippen LogP contribution in [0, 0.1) is 0 Å². The van der Waals surface area contributed by atoms with Crippen LogP contribution in [0.15, 0.2) is 18.2 Å². The largest absolute Gasteiger partial charge is 0.493 e. The summed E-state index contributed by atoms with van der Waals surface area (Å²) in [5, 5.41) is 3.51. The van der Waals surface area contributed by atoms with Crippen molar-refractivity contribution in [3.63, 3.8) is 0 Å². The molecule has 0 heterocycles. The van der Waals surface area contributed by atoms with Gasteiger partial charge in [0.25, 0.3) is 0 Å². The van der Waals surface area contributed by atoms with Gasteiger partial charge in [0.2, 0.25) is 0 Å². The molecule has 1 aromatic carbocycles. The van der Waals surface area contributed by atoms with Crippen LogP contribution >= 0.6 is 0 Å². The van der Waals surface area contributed by atoms with E-state index in [1.54, 1.807) is 14.2 Å². The van der Waals surface area contributed by atoms with Gasteiger partial charge in [0, 0.05) is 12.1 Å². The lowest BCUT2D eigenvalue weighted by Gasteiger charge is -2.33. The molecule has 100 valence electrons. The third kappa shape index (κ3) is 3.15. The van der Waals surface area contributed by atoms with Crippen LogP contribution in [-0.4, -0.2) is 32.8 Å². The van der Waals surface area contributed by atoms with Crippen molar-refractivity contribution < 1.29 is 9.47 Å². The molecule has 0 spiro atoms. The molecular weight excluding hydrogens is 228 g/mol. The van der Waals surface area contributed by atoms with Crippen molar-refractivity contribution in [3.8, 4) is 11.5 Å². The van der Waals surface area contributed by atoms with Gasteiger partial charge in [-0.1, -0.05) is 6.07 Å². The second kappa shape index (κ2) is 6.07. The Bertz CT molecular complexity index is 389. The minimum Gasteiger partial charge on any atom is -0.493 e. The molecule has 0 bridgehead atoms. The van der Waals surface area contributed by atoms with E-state index in [1.807, 2.05) is 12.1 Å². The summed E-state index contributed by atoms with van der Waals surface area (Å²) < 4.78 is 10.5. The van der Waals surface area contributed by atoms with Crippen molar-refractivity contribution in [2.24, 2.45) is 5.73 Å². The monoisotopic (exact) mass is 250 g/mol. The summed E-state index contributed by atoms with van der Waals surface area (Å²) in [5.74, 6) is 1.57. The van der Waals surface area contributed by atoms with Crippen molar-refractivity contribution in [1.82, 2.24) is 5.32 Å². The summed E-state index contributed by atoms with van der Waals surface area (Å²) in [4.78, 5) is 0. The van der Waals surface area contributed by atoms with E-state index in [2.05, 4.69) is 11.4 Å². The second-order valence-electron chi connectivity index (χ2n) is 4.82. The Morgan fingerprint density at radius 3 is 2.56 bits per heavy atom. The van der Waals surface area contributed by atoms with Crippen molar-refractivity contribution in [1.29, 1.82) is 0 Å². The third-order valence-corrected chi connectivity index (χ3v) is 3.47. The van der Waals surface area contributed by atoms with Crippen LogP contribution < -0.4 is 20.5 Å². The number of ether oxygens (including phenoxy) is 2. The van der Waals surface area contributed by atoms with Gasteiger partial charge in [-0.05, 0) is 43.5 Å². The fourth-order valence-electron chi connectivity index (χ4n) is 2.29. The van der Waals surface area contributed by atoms with Gasteiger partial charge in [-0.2, -0.15) is 0 Å². The first-order chi connectivity index (χ1) is 8.72. The Morgan fingerprint density at radius 2 is 1.94 bits per heavy atom. The molecule has 0 saturated heterocycles. The van der Waals surface area contributed by atoms with E-state index in [9.17, 15) is 0 Å². The lowest BCUT2D eigenvalue weighted by Crippen LogP contribution is -2.48. The van der Waals surface area contributed by atoms with E-state index in [1.165, 1.54) is 5.56 Å². The SMILES string of the molecule is COc1ccc(CCNC2CC(N)C2)cc1OC. The highest BCUT2D eigenvalue weighted by Crippen LogP contribution is 2.27. The van der Waals surface area contributed by atoms with E-state index < -0.39 is 0 Å². The normalized spacial score (nSPS) is 22.4. The van der Waals surface area contributed by atoms with Gasteiger partial charge in [0.05, 0.1) is 14.2 Å². The molecule has 0 atom stereocenters. The lowest BCUT2D eigenvalue weighted by atomic mass is 9.87. The molecule has 0 aliphatic heterocycles. The van der Waals surface area contributed by atoms with Gasteiger partial charge in [-0.15, -0.1) is 0 Å². The molecular formula is C14H22N2O2. The van der Waals surface area contributed by atoms with Crippen LogP contribution in [0.25, 0.3) is 0 Å². The first kappa shape index (κ1) is 13.2. The van der Waals surface area contributed by atoms with Gasteiger partial charge >= 0.3 is 0 Å². The van der Waals surface area contributed by atoms with Crippen LogP contribution in [0.1, 0.15) is 18.4 Å². The number of nitrogens with two attached hydrogens (primary N) is 1. The maximum absolute atomic E-state index is 5.75. The van der Waals surface area contributed by atoms with Crippen molar-refractivity contribution >= 4 is 0 Å². The summed E-state index contributed by atoms with van der Waals surface area (Å²) in [6.07, 6.45) is 3.20. The zero-order valence-corrected chi connectivity index (χ0v) is 11.1. The Kier molecular flexibility index (Phi) is 4.44. The summed E-state index contributed by atoms with van der Waals surface area (Å²) in [6, 6.07) is 7.08. The molecule has 4 heteroatoms. The van der Waals surface area contributed by atoms with Crippen LogP contribution in [0.4, 0.5) is 0 Å². The first-order valence-electron chi connectivity index (χ1n) is 6.42. The smallest absolute Gasteiger partial charge is 0.160 e. The lowest BCUT2D eigenvalue weighted by molar-refractivity contribution is 0.294. The highest BCUT2D eigenvalue weighted by atomic mass is 16.5. The second-order valence-corrected chi connectivity index (χ2v) is 4.82. The Labute approximate surface area is 108 Å². The molecule has 0 aromatic heterocycles. The summed E-state index contributed by atoms with van der Waals surface area (Å²) in [7, 11) is 3.31. The standard InChI is InChI=1S/C14H22N2O2/c1-17-13-4-3-10(7-14(13)18-2)5-6-16-12-8-11(15)9-12/h3-4,7,11-12,16H,5-6,8-9,15H2,1-2H3. The van der Waals surface area contributed by atoms with Crippen molar-refractivity contribution in [3.05, 3.63) is 23.8 Å². The predicted octanol–water partition coefficient (Wildman–Crippen LogP) is 1.33. The zero-order valence-electron chi connectivity index (χ0n) is 11.1. The summed E-state index contributed by atoms with van der Waals surface area (Å²) >= 11 is 0. The molecule has 2 rings (SSSR count). The number of methoxy groups -OCH3 is 2. The van der Waals surface area contributed by atoms with E-state index >= 15 is 0 Å². The molecule has 0 unspecified atom stereocenters. The topological polar surface area (TPSA) is 56.5 Å². The number of rotatable bonds is 6. The molecule has 1 fully saturated rings. The molecule has 18 heavy (non-hydrogen) atoms. The van der Waals surface area contributed by atoms with Crippen molar-refractivity contribution in [2.75, 3.05) is 20.8 Å². The number of nitrogens with one attached hydrogen (secondary N) is 1. The van der Waals surface area contributed by atoms with Gasteiger partial charge in [-0.3, -0.25) is 0 Å². The molecule has 0 radical (unpaired) electrons. The van der Waals surface area contributed by atoms with E-state index in [0.717, 1.165) is 37.3 Å². The third-order valence-electron chi connectivity index (χ3n) is 3.47. The van der Waals surface area contributed by atoms with Crippen LogP contribution in [-0.2, 0) is 6.42 Å². The Hall–Kier alpha value is -1.26. The summed E-state index contributed by atoms with van der Waals surface area (Å²) in [5.41, 5.74) is 7.00. The summed E-state index contributed by atoms with van der Waals surface area (Å²) in [6.45, 7) is 0.979. The average molecular weight is 250 g/mol. The van der Waals surface area contributed by atoms with E-state index in [0.29, 0.717) is 12.1 Å². The quantitative estimate of drug-likeness (QED) is 0.799. The van der Waals surface area contributed by atoms with E-state index in [4.69, 9.17) is 15.2 Å². The van der Waals surface area contributed by atoms with Crippen molar-refractivity contribution in [2.45, 2.75) is 31.3 Å². The Balaban J connectivity index is 1.81. The highest BCUT2D eigenvalue weighted by Gasteiger charge is 2.24. The molecule has 1 saturated carbocycles. The number of hydrogen-bond acceptors (Lipinski definition) is 4. The predicted molar refractivity (Wildman–Crippen MR) is 72.3 cm³/mol. The molecule has 0 amide bonds. The molecule has 1 aliphatic carbocycles. The van der Waals surface area contributed by atoms with Gasteiger partial charge in [0.1, 0.15) is 0 Å². The maximum atomic E-state index is 5.75. The van der Waals surface area contributed by atoms with Crippen LogP contribution in [0.5, 0.6) is 11.5 Å². The molecule has 3 N–H and O–H groups in total. The Morgan fingerprint density at radius 1 is 1.22 bits per heavy atom. The zero-order chi connectivity index (χ0) is 13.0. The fraction of sp³-hybridized carbons (Fsp3) is 0.571. The van der Waals surface area contributed by atoms with E-state index in [-0.39, 0.29) is 0 Å². The average Bonchev–Trinajstić information content (AvgIpc) is 2.36. The molecule has 1 aliphatic rings. The molecule has 1 aromatic rings.